The molecule has 2 rings (SSSR count). The molecule has 92 valence electrons. The lowest BCUT2D eigenvalue weighted by Crippen LogP contribution is -2.34. The zero-order valence-corrected chi connectivity index (χ0v) is 9.76. The fraction of sp³-hybridized carbons (Fsp3) is 0.462. The first-order valence-corrected chi connectivity index (χ1v) is 5.69. The largest absolute Gasteiger partial charge is 0.436 e. The Morgan fingerprint density at radius 2 is 2.24 bits per heavy atom. The molecule has 1 N–H and O–H groups in total. The molecule has 1 heterocycles. The van der Waals surface area contributed by atoms with Crippen LogP contribution in [0.4, 0.5) is 0 Å². The van der Waals surface area contributed by atoms with Gasteiger partial charge in [-0.3, -0.25) is 4.79 Å². The number of hydrogen-bond acceptors (Lipinski definition) is 4. The highest BCUT2D eigenvalue weighted by molar-refractivity contribution is 5.70. The number of benzene rings is 1. The maximum atomic E-state index is 11.1. The van der Waals surface area contributed by atoms with E-state index in [1.165, 1.54) is 0 Å². The SMILES string of the molecule is Cc1ccccc1CO[C@@H]1C[C@@H](O)CC(=O)O1. The summed E-state index contributed by atoms with van der Waals surface area (Å²) >= 11 is 0. The average molecular weight is 236 g/mol. The summed E-state index contributed by atoms with van der Waals surface area (Å²) in [5, 5.41) is 9.42. The second-order valence-corrected chi connectivity index (χ2v) is 4.25. The lowest BCUT2D eigenvalue weighted by molar-refractivity contribution is -0.202. The van der Waals surface area contributed by atoms with Crippen molar-refractivity contribution in [3.8, 4) is 0 Å². The van der Waals surface area contributed by atoms with Crippen molar-refractivity contribution in [2.45, 2.75) is 38.8 Å². The van der Waals surface area contributed by atoms with Crippen molar-refractivity contribution in [3.63, 3.8) is 0 Å². The minimum absolute atomic E-state index is 0.0597. The molecule has 2 atom stereocenters. The Morgan fingerprint density at radius 3 is 2.94 bits per heavy atom. The Morgan fingerprint density at radius 1 is 1.47 bits per heavy atom. The molecule has 4 nitrogen and oxygen atoms in total. The molecular formula is C13H16O4. The van der Waals surface area contributed by atoms with E-state index in [0.29, 0.717) is 13.0 Å². The van der Waals surface area contributed by atoms with Crippen LogP contribution in [0.15, 0.2) is 24.3 Å². The van der Waals surface area contributed by atoms with E-state index in [4.69, 9.17) is 9.47 Å². The number of esters is 1. The van der Waals surface area contributed by atoms with Crippen LogP contribution in [0, 0.1) is 6.92 Å². The van der Waals surface area contributed by atoms with Gasteiger partial charge in [0, 0.05) is 6.42 Å². The van der Waals surface area contributed by atoms with Gasteiger partial charge in [-0.2, -0.15) is 0 Å². The molecule has 1 saturated heterocycles. The summed E-state index contributed by atoms with van der Waals surface area (Å²) in [7, 11) is 0. The van der Waals surface area contributed by atoms with Crippen LogP contribution in [0.25, 0.3) is 0 Å². The van der Waals surface area contributed by atoms with Gasteiger partial charge in [-0.15, -0.1) is 0 Å². The lowest BCUT2D eigenvalue weighted by atomic mass is 10.1. The van der Waals surface area contributed by atoms with Crippen LogP contribution in [-0.2, 0) is 20.9 Å². The van der Waals surface area contributed by atoms with Gasteiger partial charge in [-0.05, 0) is 18.1 Å². The number of carbonyl (C=O) groups is 1. The number of ether oxygens (including phenoxy) is 2. The van der Waals surface area contributed by atoms with Gasteiger partial charge in [-0.1, -0.05) is 24.3 Å². The molecule has 0 bridgehead atoms. The van der Waals surface area contributed by atoms with E-state index in [9.17, 15) is 9.90 Å². The highest BCUT2D eigenvalue weighted by Crippen LogP contribution is 2.18. The molecule has 0 spiro atoms. The zero-order chi connectivity index (χ0) is 12.3. The molecule has 0 radical (unpaired) electrons. The number of rotatable bonds is 3. The molecule has 1 fully saturated rings. The van der Waals surface area contributed by atoms with Gasteiger partial charge in [0.15, 0.2) is 0 Å². The molecule has 4 heteroatoms. The van der Waals surface area contributed by atoms with Crippen LogP contribution in [0.2, 0.25) is 0 Å². The van der Waals surface area contributed by atoms with Gasteiger partial charge >= 0.3 is 5.97 Å². The van der Waals surface area contributed by atoms with Gasteiger partial charge in [0.1, 0.15) is 0 Å². The van der Waals surface area contributed by atoms with E-state index in [2.05, 4.69) is 0 Å². The van der Waals surface area contributed by atoms with Crippen LogP contribution >= 0.6 is 0 Å². The average Bonchev–Trinajstić information content (AvgIpc) is 2.27. The highest BCUT2D eigenvalue weighted by Gasteiger charge is 2.27. The van der Waals surface area contributed by atoms with E-state index in [1.807, 2.05) is 31.2 Å². The Labute approximate surface area is 100 Å². The summed E-state index contributed by atoms with van der Waals surface area (Å²) < 4.78 is 10.5. The van der Waals surface area contributed by atoms with Crippen molar-refractivity contribution in [2.24, 2.45) is 0 Å². The van der Waals surface area contributed by atoms with Crippen molar-refractivity contribution in [3.05, 3.63) is 35.4 Å². The van der Waals surface area contributed by atoms with Crippen molar-refractivity contribution in [1.82, 2.24) is 0 Å². The third-order valence-electron chi connectivity index (χ3n) is 2.82. The quantitative estimate of drug-likeness (QED) is 0.809. The number of aryl methyl sites for hydroxylation is 1. The molecule has 0 aliphatic carbocycles. The predicted octanol–water partition coefficient (Wildman–Crippen LogP) is 1.54. The summed E-state index contributed by atoms with van der Waals surface area (Å²) in [6, 6.07) is 7.87. The normalized spacial score (nSPS) is 24.5. The predicted molar refractivity (Wildman–Crippen MR) is 61.1 cm³/mol. The Balaban J connectivity index is 1.90. The highest BCUT2D eigenvalue weighted by atomic mass is 16.7. The third-order valence-corrected chi connectivity index (χ3v) is 2.82. The molecule has 0 unspecified atom stereocenters. The summed E-state index contributed by atoms with van der Waals surface area (Å²) in [6.45, 7) is 2.39. The van der Waals surface area contributed by atoms with Crippen LogP contribution < -0.4 is 0 Å². The van der Waals surface area contributed by atoms with E-state index < -0.39 is 18.4 Å². The van der Waals surface area contributed by atoms with Crippen LogP contribution in [-0.4, -0.2) is 23.5 Å². The molecule has 1 aliphatic rings. The summed E-state index contributed by atoms with van der Waals surface area (Å²) in [5.74, 6) is -0.404. The molecular weight excluding hydrogens is 220 g/mol. The summed E-state index contributed by atoms with van der Waals surface area (Å²) in [5.41, 5.74) is 2.19. The fourth-order valence-corrected chi connectivity index (χ4v) is 1.80. The lowest BCUT2D eigenvalue weighted by Gasteiger charge is -2.25. The smallest absolute Gasteiger partial charge is 0.310 e. The van der Waals surface area contributed by atoms with Crippen molar-refractivity contribution >= 4 is 5.97 Å². The standard InChI is InChI=1S/C13H16O4/c1-9-4-2-3-5-10(9)8-16-13-7-11(14)6-12(15)17-13/h2-5,11,13-14H,6-8H2,1H3/t11-,13-/m0/s1. The summed E-state index contributed by atoms with van der Waals surface area (Å²) in [6.07, 6.45) is -0.883. The first kappa shape index (κ1) is 12.1. The zero-order valence-electron chi connectivity index (χ0n) is 9.76. The molecule has 17 heavy (non-hydrogen) atoms. The topological polar surface area (TPSA) is 55.8 Å². The van der Waals surface area contributed by atoms with E-state index in [1.54, 1.807) is 0 Å². The molecule has 0 saturated carbocycles. The van der Waals surface area contributed by atoms with Gasteiger partial charge in [0.25, 0.3) is 0 Å². The Hall–Kier alpha value is -1.39. The van der Waals surface area contributed by atoms with Crippen LogP contribution in [0.3, 0.4) is 0 Å². The van der Waals surface area contributed by atoms with Crippen molar-refractivity contribution < 1.29 is 19.4 Å². The van der Waals surface area contributed by atoms with Crippen LogP contribution in [0.1, 0.15) is 24.0 Å². The number of carbonyl (C=O) groups excluding carboxylic acids is 1. The minimum Gasteiger partial charge on any atom is -0.436 e. The molecule has 0 aromatic heterocycles. The first-order chi connectivity index (χ1) is 8.15. The Bertz CT molecular complexity index is 402. The second-order valence-electron chi connectivity index (χ2n) is 4.25. The molecule has 1 aromatic rings. The van der Waals surface area contributed by atoms with E-state index in [0.717, 1.165) is 11.1 Å². The Kier molecular flexibility index (Phi) is 3.76. The van der Waals surface area contributed by atoms with Crippen LogP contribution in [0.5, 0.6) is 0 Å². The van der Waals surface area contributed by atoms with E-state index in [-0.39, 0.29) is 6.42 Å². The molecule has 0 amide bonds. The molecule has 1 aromatic carbocycles. The second kappa shape index (κ2) is 5.29. The maximum Gasteiger partial charge on any atom is 0.310 e. The monoisotopic (exact) mass is 236 g/mol. The van der Waals surface area contributed by atoms with Crippen molar-refractivity contribution in [2.75, 3.05) is 0 Å². The number of hydrogen-bond donors (Lipinski definition) is 1. The van der Waals surface area contributed by atoms with Crippen molar-refractivity contribution in [1.29, 1.82) is 0 Å². The van der Waals surface area contributed by atoms with Gasteiger partial charge in [0.2, 0.25) is 6.29 Å². The maximum absolute atomic E-state index is 11.1. The number of aliphatic hydroxyl groups is 1. The number of cyclic esters (lactones) is 1. The van der Waals surface area contributed by atoms with Gasteiger partial charge in [-0.25, -0.2) is 0 Å². The fourth-order valence-electron chi connectivity index (χ4n) is 1.80. The summed E-state index contributed by atoms with van der Waals surface area (Å²) in [4.78, 5) is 11.1. The van der Waals surface area contributed by atoms with Gasteiger partial charge < -0.3 is 14.6 Å². The molecule has 1 aliphatic heterocycles. The number of aliphatic hydroxyl groups excluding tert-OH is 1. The van der Waals surface area contributed by atoms with E-state index >= 15 is 0 Å². The first-order valence-electron chi connectivity index (χ1n) is 5.69. The minimum atomic E-state index is -0.655. The third kappa shape index (κ3) is 3.28. The van der Waals surface area contributed by atoms with Gasteiger partial charge in [0.05, 0.1) is 19.1 Å².